The Bertz CT molecular complexity index is 408. The fourth-order valence-corrected chi connectivity index (χ4v) is 2.19. The fraction of sp³-hybridized carbons (Fsp3) is 0.462. The smallest absolute Gasteiger partial charge is 0.249 e. The fourth-order valence-electron chi connectivity index (χ4n) is 2.19. The molecule has 4 nitrogen and oxygen atoms in total. The summed E-state index contributed by atoms with van der Waals surface area (Å²) in [5.41, 5.74) is 6.61. The highest BCUT2D eigenvalue weighted by Crippen LogP contribution is 2.31. The SMILES string of the molecule is NC(=O)c1ccccc1CNC1(CO)CCC1. The molecule has 1 aromatic rings. The van der Waals surface area contributed by atoms with Gasteiger partial charge in [-0.15, -0.1) is 0 Å². The molecule has 1 amide bonds. The molecule has 0 spiro atoms. The summed E-state index contributed by atoms with van der Waals surface area (Å²) in [6.07, 6.45) is 3.12. The largest absolute Gasteiger partial charge is 0.394 e. The van der Waals surface area contributed by atoms with E-state index in [9.17, 15) is 9.90 Å². The van der Waals surface area contributed by atoms with Crippen LogP contribution in [0.25, 0.3) is 0 Å². The number of benzene rings is 1. The maximum absolute atomic E-state index is 11.2. The lowest BCUT2D eigenvalue weighted by molar-refractivity contribution is 0.0869. The Morgan fingerprint density at radius 2 is 2.12 bits per heavy atom. The molecule has 92 valence electrons. The molecule has 0 bridgehead atoms. The summed E-state index contributed by atoms with van der Waals surface area (Å²) in [6, 6.07) is 7.30. The summed E-state index contributed by atoms with van der Waals surface area (Å²) >= 11 is 0. The maximum Gasteiger partial charge on any atom is 0.249 e. The Balaban J connectivity index is 2.06. The molecule has 1 aliphatic rings. The van der Waals surface area contributed by atoms with Crippen LogP contribution < -0.4 is 11.1 Å². The zero-order valence-corrected chi connectivity index (χ0v) is 9.78. The molecule has 0 radical (unpaired) electrons. The highest BCUT2D eigenvalue weighted by Gasteiger charge is 2.35. The third kappa shape index (κ3) is 2.48. The van der Waals surface area contributed by atoms with Gasteiger partial charge in [-0.1, -0.05) is 18.2 Å². The first-order valence-electron chi connectivity index (χ1n) is 5.90. The van der Waals surface area contributed by atoms with Gasteiger partial charge in [0, 0.05) is 17.6 Å². The Hall–Kier alpha value is -1.39. The molecule has 1 aliphatic carbocycles. The second-order valence-corrected chi connectivity index (χ2v) is 4.67. The van der Waals surface area contributed by atoms with Crippen LogP contribution in [0.3, 0.4) is 0 Å². The zero-order chi connectivity index (χ0) is 12.3. The van der Waals surface area contributed by atoms with Crippen molar-refractivity contribution < 1.29 is 9.90 Å². The van der Waals surface area contributed by atoms with Crippen molar-refractivity contribution in [2.45, 2.75) is 31.3 Å². The van der Waals surface area contributed by atoms with Gasteiger partial charge in [0.2, 0.25) is 5.91 Å². The monoisotopic (exact) mass is 234 g/mol. The first-order valence-corrected chi connectivity index (χ1v) is 5.90. The molecular weight excluding hydrogens is 216 g/mol. The summed E-state index contributed by atoms with van der Waals surface area (Å²) in [6.45, 7) is 0.714. The first kappa shape index (κ1) is 12.1. The van der Waals surface area contributed by atoms with Crippen molar-refractivity contribution in [2.75, 3.05) is 6.61 Å². The Kier molecular flexibility index (Phi) is 3.45. The van der Waals surface area contributed by atoms with Crippen molar-refractivity contribution in [1.82, 2.24) is 5.32 Å². The number of carbonyl (C=O) groups excluding carboxylic acids is 1. The van der Waals surface area contributed by atoms with E-state index < -0.39 is 5.91 Å². The van der Waals surface area contributed by atoms with E-state index in [1.165, 1.54) is 0 Å². The molecule has 1 aromatic carbocycles. The molecule has 0 saturated heterocycles. The third-order valence-corrected chi connectivity index (χ3v) is 3.55. The summed E-state index contributed by atoms with van der Waals surface area (Å²) in [7, 11) is 0. The Labute approximate surface area is 101 Å². The van der Waals surface area contributed by atoms with Crippen molar-refractivity contribution in [3.63, 3.8) is 0 Å². The molecule has 4 heteroatoms. The number of aliphatic hydroxyl groups excluding tert-OH is 1. The highest BCUT2D eigenvalue weighted by atomic mass is 16.3. The van der Waals surface area contributed by atoms with Crippen molar-refractivity contribution in [1.29, 1.82) is 0 Å². The van der Waals surface area contributed by atoms with Gasteiger partial charge in [-0.25, -0.2) is 0 Å². The zero-order valence-electron chi connectivity index (χ0n) is 9.78. The van der Waals surface area contributed by atoms with Gasteiger partial charge in [0.1, 0.15) is 0 Å². The van der Waals surface area contributed by atoms with E-state index in [2.05, 4.69) is 5.32 Å². The third-order valence-electron chi connectivity index (χ3n) is 3.55. The predicted octanol–water partition coefficient (Wildman–Crippen LogP) is 0.790. The van der Waals surface area contributed by atoms with E-state index >= 15 is 0 Å². The predicted molar refractivity (Wildman–Crippen MR) is 65.5 cm³/mol. The van der Waals surface area contributed by atoms with Gasteiger partial charge in [-0.05, 0) is 30.9 Å². The molecule has 0 atom stereocenters. The van der Waals surface area contributed by atoms with E-state index in [0.717, 1.165) is 24.8 Å². The standard InChI is InChI=1S/C13H18N2O2/c14-12(17)11-5-2-1-4-10(11)8-15-13(9-16)6-3-7-13/h1-2,4-5,15-16H,3,6-9H2,(H2,14,17). The van der Waals surface area contributed by atoms with E-state index in [1.54, 1.807) is 12.1 Å². The molecule has 4 N–H and O–H groups in total. The van der Waals surface area contributed by atoms with Gasteiger partial charge in [-0.2, -0.15) is 0 Å². The first-order chi connectivity index (χ1) is 8.17. The lowest BCUT2D eigenvalue weighted by Crippen LogP contribution is -2.53. The number of hydrogen-bond acceptors (Lipinski definition) is 3. The van der Waals surface area contributed by atoms with Crippen LogP contribution in [0.1, 0.15) is 35.2 Å². The summed E-state index contributed by atoms with van der Waals surface area (Å²) in [5.74, 6) is -0.408. The average molecular weight is 234 g/mol. The van der Waals surface area contributed by atoms with Crippen molar-refractivity contribution in [3.05, 3.63) is 35.4 Å². The lowest BCUT2D eigenvalue weighted by atomic mass is 9.77. The summed E-state index contributed by atoms with van der Waals surface area (Å²) in [5, 5.41) is 12.7. The number of rotatable bonds is 5. The van der Waals surface area contributed by atoms with Gasteiger partial charge in [-0.3, -0.25) is 4.79 Å². The minimum atomic E-state index is -0.408. The van der Waals surface area contributed by atoms with E-state index in [-0.39, 0.29) is 12.1 Å². The van der Waals surface area contributed by atoms with Crippen molar-refractivity contribution in [3.8, 4) is 0 Å². The van der Waals surface area contributed by atoms with Gasteiger partial charge >= 0.3 is 0 Å². The van der Waals surface area contributed by atoms with Crippen LogP contribution in [0.15, 0.2) is 24.3 Å². The van der Waals surface area contributed by atoms with Crippen LogP contribution >= 0.6 is 0 Å². The second-order valence-electron chi connectivity index (χ2n) is 4.67. The van der Waals surface area contributed by atoms with Crippen molar-refractivity contribution in [2.24, 2.45) is 5.73 Å². The van der Waals surface area contributed by atoms with E-state index in [4.69, 9.17) is 5.73 Å². The summed E-state index contributed by atoms with van der Waals surface area (Å²) < 4.78 is 0. The second kappa shape index (κ2) is 4.85. The summed E-state index contributed by atoms with van der Waals surface area (Å²) in [4.78, 5) is 11.2. The highest BCUT2D eigenvalue weighted by molar-refractivity contribution is 5.94. The maximum atomic E-state index is 11.2. The number of aliphatic hydroxyl groups is 1. The van der Waals surface area contributed by atoms with Crippen LogP contribution in [-0.4, -0.2) is 23.2 Å². The van der Waals surface area contributed by atoms with Crippen LogP contribution in [0.5, 0.6) is 0 Å². The molecule has 1 fully saturated rings. The number of primary amides is 1. The molecule has 0 aromatic heterocycles. The molecular formula is C13H18N2O2. The minimum absolute atomic E-state index is 0.145. The number of amides is 1. The van der Waals surface area contributed by atoms with Gasteiger partial charge in [0.05, 0.1) is 6.61 Å². The van der Waals surface area contributed by atoms with Crippen LogP contribution in [0.4, 0.5) is 0 Å². The molecule has 0 unspecified atom stereocenters. The topological polar surface area (TPSA) is 75.4 Å². The van der Waals surface area contributed by atoms with Crippen LogP contribution in [-0.2, 0) is 6.54 Å². The number of hydrogen-bond donors (Lipinski definition) is 3. The van der Waals surface area contributed by atoms with Gasteiger partial charge in [0.15, 0.2) is 0 Å². The number of nitrogens with two attached hydrogens (primary N) is 1. The number of nitrogens with one attached hydrogen (secondary N) is 1. The van der Waals surface area contributed by atoms with Crippen LogP contribution in [0, 0.1) is 0 Å². The molecule has 2 rings (SSSR count). The molecule has 1 saturated carbocycles. The van der Waals surface area contributed by atoms with Gasteiger partial charge < -0.3 is 16.2 Å². The molecule has 0 aliphatic heterocycles. The quantitative estimate of drug-likeness (QED) is 0.705. The lowest BCUT2D eigenvalue weighted by Gasteiger charge is -2.41. The Morgan fingerprint density at radius 3 is 2.65 bits per heavy atom. The van der Waals surface area contributed by atoms with Crippen LogP contribution in [0.2, 0.25) is 0 Å². The Morgan fingerprint density at radius 1 is 1.41 bits per heavy atom. The van der Waals surface area contributed by atoms with E-state index in [1.807, 2.05) is 12.1 Å². The van der Waals surface area contributed by atoms with Crippen molar-refractivity contribution >= 4 is 5.91 Å². The van der Waals surface area contributed by atoms with Gasteiger partial charge in [0.25, 0.3) is 0 Å². The number of carbonyl (C=O) groups is 1. The normalized spacial score (nSPS) is 17.5. The molecule has 0 heterocycles. The molecule has 17 heavy (non-hydrogen) atoms. The average Bonchev–Trinajstić information content (AvgIpc) is 2.28. The van der Waals surface area contributed by atoms with E-state index in [0.29, 0.717) is 12.1 Å². The minimum Gasteiger partial charge on any atom is -0.394 e.